The van der Waals surface area contributed by atoms with Gasteiger partial charge in [-0.15, -0.1) is 0 Å². The molecule has 3 heterocycles. The molecule has 0 atom stereocenters. The van der Waals surface area contributed by atoms with Crippen molar-refractivity contribution >= 4 is 40.2 Å². The van der Waals surface area contributed by atoms with Crippen LogP contribution in [0.25, 0.3) is 33.7 Å². The zero-order chi connectivity index (χ0) is 38.6. The summed E-state index contributed by atoms with van der Waals surface area (Å²) in [6, 6.07) is 13.8. The van der Waals surface area contributed by atoms with Crippen molar-refractivity contribution in [2.75, 3.05) is 25.5 Å². The number of amides is 2. The molecule has 2 amide bonds. The molecule has 0 saturated heterocycles. The van der Waals surface area contributed by atoms with Gasteiger partial charge in [-0.25, -0.2) is 9.97 Å². The number of hydrogen-bond donors (Lipinski definition) is 3. The molecule has 0 radical (unpaired) electrons. The Balaban J connectivity index is 0.979. The molecule has 3 N–H and O–H groups in total. The highest BCUT2D eigenvalue weighted by Crippen LogP contribution is 2.63. The minimum Gasteiger partial charge on any atom is -0.436 e. The molecule has 5 aromatic rings. The number of halogens is 3. The van der Waals surface area contributed by atoms with E-state index in [0.29, 0.717) is 39.7 Å². The van der Waals surface area contributed by atoms with E-state index >= 15 is 0 Å². The summed E-state index contributed by atoms with van der Waals surface area (Å²) < 4.78 is 38.4. The van der Waals surface area contributed by atoms with Crippen LogP contribution in [0.2, 0.25) is 5.02 Å². The molecule has 55 heavy (non-hydrogen) atoms. The zero-order valence-electron chi connectivity index (χ0n) is 31.0. The van der Waals surface area contributed by atoms with Crippen molar-refractivity contribution < 1.29 is 32.6 Å². The molecule has 288 valence electrons. The fourth-order valence-electron chi connectivity index (χ4n) is 9.23. The largest absolute Gasteiger partial charge is 0.436 e. The van der Waals surface area contributed by atoms with E-state index in [-0.39, 0.29) is 45.4 Å². The standard InChI is InChI=1S/C41H43ClF2N6O5/c1-23-25(6-4-7-26(23)37-48-29-18-24(21-51)32(55-39(43)44)19-33(29)54-37)27-8-5-9-28(34(27)42)47-36(52)35-46-30-20-50(16-10-31(30)49(35)3)17-15-40-11-13-41(22-40,14-12-40)38(53)45-2/h4-9,18-19,39,51H,10-17,20-22H2,1-3H3,(H,45,53)(H,47,52). The van der Waals surface area contributed by atoms with Crippen LogP contribution in [0.4, 0.5) is 14.5 Å². The third-order valence-corrected chi connectivity index (χ3v) is 12.7. The predicted octanol–water partition coefficient (Wildman–Crippen LogP) is 7.65. The average Bonchev–Trinajstić information content (AvgIpc) is 3.95. The lowest BCUT2D eigenvalue weighted by Crippen LogP contribution is -2.35. The van der Waals surface area contributed by atoms with E-state index < -0.39 is 13.2 Å². The molecule has 2 aliphatic carbocycles. The van der Waals surface area contributed by atoms with Crippen LogP contribution in [-0.4, -0.2) is 63.1 Å². The van der Waals surface area contributed by atoms with Gasteiger partial charge in [0.25, 0.3) is 5.91 Å². The number of nitrogens with zero attached hydrogens (tertiary/aromatic N) is 4. The van der Waals surface area contributed by atoms with Crippen LogP contribution in [0.5, 0.6) is 5.75 Å². The summed E-state index contributed by atoms with van der Waals surface area (Å²) in [4.78, 5) is 38.2. The summed E-state index contributed by atoms with van der Waals surface area (Å²) in [6.07, 6.45) is 7.02. The van der Waals surface area contributed by atoms with Crippen LogP contribution in [0.15, 0.2) is 52.9 Å². The molecule has 3 aromatic carbocycles. The summed E-state index contributed by atoms with van der Waals surface area (Å²) in [7, 11) is 3.62. The topological polar surface area (TPSA) is 135 Å². The quantitative estimate of drug-likeness (QED) is 0.125. The summed E-state index contributed by atoms with van der Waals surface area (Å²) in [6.45, 7) is 0.828. The number of imidazole rings is 1. The van der Waals surface area contributed by atoms with Gasteiger partial charge in [0.05, 0.1) is 23.0 Å². The SMILES string of the molecule is CNC(=O)C12CCC(CCN3CCc4c(nc(C(=O)Nc5cccc(-c6cccc(-c7nc8cc(CO)c(OC(F)F)cc8o7)c6C)c5Cl)n4C)C3)(CC1)C2. The molecule has 14 heteroatoms. The van der Waals surface area contributed by atoms with Crippen LogP contribution in [0.1, 0.15) is 71.7 Å². The lowest BCUT2D eigenvalue weighted by Gasteiger charge is -2.32. The van der Waals surface area contributed by atoms with Gasteiger partial charge in [0.2, 0.25) is 11.8 Å². The summed E-state index contributed by atoms with van der Waals surface area (Å²) in [5.74, 6) is 0.222. The van der Waals surface area contributed by atoms with Crippen molar-refractivity contribution in [2.24, 2.45) is 17.9 Å². The van der Waals surface area contributed by atoms with E-state index in [9.17, 15) is 23.5 Å². The minimum atomic E-state index is -3.06. The third kappa shape index (κ3) is 6.65. The summed E-state index contributed by atoms with van der Waals surface area (Å²) in [5.41, 5.74) is 6.12. The molecule has 11 nitrogen and oxygen atoms in total. The number of anilines is 1. The molecule has 2 bridgehead atoms. The lowest BCUT2D eigenvalue weighted by atomic mass is 9.80. The highest BCUT2D eigenvalue weighted by atomic mass is 35.5. The average molecular weight is 773 g/mol. The number of aliphatic hydroxyl groups is 1. The number of rotatable bonds is 11. The van der Waals surface area contributed by atoms with Crippen LogP contribution in [0, 0.1) is 17.8 Å². The second kappa shape index (κ2) is 14.3. The Morgan fingerprint density at radius 1 is 1.07 bits per heavy atom. The van der Waals surface area contributed by atoms with Gasteiger partial charge in [-0.05, 0) is 86.7 Å². The monoisotopic (exact) mass is 772 g/mol. The molecule has 2 saturated carbocycles. The van der Waals surface area contributed by atoms with Gasteiger partial charge in [0, 0.05) is 67.5 Å². The summed E-state index contributed by atoms with van der Waals surface area (Å²) in [5, 5.41) is 15.9. The van der Waals surface area contributed by atoms with E-state index in [2.05, 4.69) is 25.3 Å². The first-order chi connectivity index (χ1) is 26.4. The Bertz CT molecular complexity index is 2310. The van der Waals surface area contributed by atoms with Crippen molar-refractivity contribution in [2.45, 2.75) is 71.6 Å². The van der Waals surface area contributed by atoms with Gasteiger partial charge in [-0.1, -0.05) is 35.9 Å². The van der Waals surface area contributed by atoms with Crippen LogP contribution >= 0.6 is 11.6 Å². The van der Waals surface area contributed by atoms with Crippen molar-refractivity contribution in [3.63, 3.8) is 0 Å². The second-order valence-electron chi connectivity index (χ2n) is 15.3. The maximum absolute atomic E-state index is 13.8. The van der Waals surface area contributed by atoms with Crippen LogP contribution < -0.4 is 15.4 Å². The highest BCUT2D eigenvalue weighted by molar-refractivity contribution is 6.36. The van der Waals surface area contributed by atoms with Gasteiger partial charge in [-0.2, -0.15) is 8.78 Å². The number of fused-ring (bicyclic) bond motifs is 4. The molecule has 1 aliphatic heterocycles. The second-order valence-corrected chi connectivity index (χ2v) is 15.7. The maximum Gasteiger partial charge on any atom is 0.387 e. The molecule has 0 spiro atoms. The Morgan fingerprint density at radius 3 is 2.56 bits per heavy atom. The number of carbonyl (C=O) groups excluding carboxylic acids is 2. The number of alkyl halides is 2. The van der Waals surface area contributed by atoms with Crippen LogP contribution in [-0.2, 0) is 31.4 Å². The van der Waals surface area contributed by atoms with Crippen molar-refractivity contribution in [3.8, 4) is 28.3 Å². The number of oxazole rings is 1. The fraction of sp³-hybridized carbons (Fsp3) is 0.415. The molecular weight excluding hydrogens is 730 g/mol. The van der Waals surface area contributed by atoms with Gasteiger partial charge < -0.3 is 29.5 Å². The lowest BCUT2D eigenvalue weighted by molar-refractivity contribution is -0.130. The first-order valence-corrected chi connectivity index (χ1v) is 19.0. The Morgan fingerprint density at radius 2 is 1.82 bits per heavy atom. The van der Waals surface area contributed by atoms with E-state index in [1.165, 1.54) is 12.1 Å². The molecule has 3 aliphatic rings. The van der Waals surface area contributed by atoms with Crippen LogP contribution in [0.3, 0.4) is 0 Å². The number of aliphatic hydroxyl groups excluding tert-OH is 1. The maximum atomic E-state index is 13.8. The minimum absolute atomic E-state index is 0.163. The van der Waals surface area contributed by atoms with Crippen molar-refractivity contribution in [3.05, 3.63) is 81.9 Å². The molecule has 2 aromatic heterocycles. The summed E-state index contributed by atoms with van der Waals surface area (Å²) >= 11 is 7.00. The number of aromatic nitrogens is 3. The van der Waals surface area contributed by atoms with E-state index in [1.807, 2.05) is 48.9 Å². The third-order valence-electron chi connectivity index (χ3n) is 12.2. The van der Waals surface area contributed by atoms with E-state index in [1.54, 1.807) is 13.1 Å². The Kier molecular flexibility index (Phi) is 9.67. The van der Waals surface area contributed by atoms with E-state index in [0.717, 1.165) is 80.6 Å². The number of benzene rings is 3. The van der Waals surface area contributed by atoms with Gasteiger partial charge in [0.1, 0.15) is 11.3 Å². The highest BCUT2D eigenvalue weighted by Gasteiger charge is 2.57. The predicted molar refractivity (Wildman–Crippen MR) is 204 cm³/mol. The normalized spacial score (nSPS) is 20.7. The van der Waals surface area contributed by atoms with Crippen molar-refractivity contribution in [1.82, 2.24) is 24.8 Å². The smallest absolute Gasteiger partial charge is 0.387 e. The first-order valence-electron chi connectivity index (χ1n) is 18.6. The van der Waals surface area contributed by atoms with Gasteiger partial charge in [0.15, 0.2) is 11.4 Å². The number of ether oxygens (including phenoxy) is 1. The number of carbonyl (C=O) groups is 2. The van der Waals surface area contributed by atoms with Gasteiger partial charge in [-0.3, -0.25) is 14.5 Å². The van der Waals surface area contributed by atoms with Crippen molar-refractivity contribution in [1.29, 1.82) is 0 Å². The van der Waals surface area contributed by atoms with E-state index in [4.69, 9.17) is 21.0 Å². The fourth-order valence-corrected chi connectivity index (χ4v) is 9.50. The molecule has 8 rings (SSSR count). The number of hydrogen-bond acceptors (Lipinski definition) is 8. The Labute approximate surface area is 322 Å². The Hall–Kier alpha value is -4.85. The zero-order valence-corrected chi connectivity index (χ0v) is 31.7. The first kappa shape index (κ1) is 37.1. The molecular formula is C41H43ClF2N6O5. The number of nitrogens with one attached hydrogen (secondary N) is 2. The van der Waals surface area contributed by atoms with Gasteiger partial charge >= 0.3 is 6.61 Å². The molecule has 2 fully saturated rings. The molecule has 0 unspecified atom stereocenters.